The first kappa shape index (κ1) is 20.8. The van der Waals surface area contributed by atoms with Crippen LogP contribution in [-0.4, -0.2) is 75.6 Å². The molecule has 0 spiro atoms. The maximum absolute atomic E-state index is 13.7. The van der Waals surface area contributed by atoms with Crippen molar-refractivity contribution in [2.45, 2.75) is 31.7 Å². The summed E-state index contributed by atoms with van der Waals surface area (Å²) in [5, 5.41) is 8.69. The van der Waals surface area contributed by atoms with Crippen molar-refractivity contribution in [3.8, 4) is 0 Å². The summed E-state index contributed by atoms with van der Waals surface area (Å²) < 4.78 is 2.18. The average Bonchev–Trinajstić information content (AvgIpc) is 3.47. The maximum atomic E-state index is 13.7. The zero-order valence-electron chi connectivity index (χ0n) is 18.7. The Morgan fingerprint density at radius 3 is 2.59 bits per heavy atom. The first-order valence-electron chi connectivity index (χ1n) is 11.4. The van der Waals surface area contributed by atoms with Crippen LogP contribution in [0.1, 0.15) is 42.2 Å². The molecule has 9 nitrogen and oxygen atoms in total. The van der Waals surface area contributed by atoms with Gasteiger partial charge in [-0.05, 0) is 25.0 Å². The molecule has 1 aliphatic heterocycles. The minimum Gasteiger partial charge on any atom is -0.343 e. The van der Waals surface area contributed by atoms with E-state index in [1.165, 1.54) is 12.8 Å². The lowest BCUT2D eigenvalue weighted by Gasteiger charge is -2.38. The Labute approximate surface area is 188 Å². The van der Waals surface area contributed by atoms with Crippen LogP contribution in [0.2, 0.25) is 0 Å². The molecule has 0 unspecified atom stereocenters. The van der Waals surface area contributed by atoms with Gasteiger partial charge in [0.2, 0.25) is 0 Å². The number of carbonyl (C=O) groups is 1. The predicted molar refractivity (Wildman–Crippen MR) is 124 cm³/mol. The molecule has 1 saturated heterocycles. The van der Waals surface area contributed by atoms with Gasteiger partial charge in [-0.15, -0.1) is 0 Å². The maximum Gasteiger partial charge on any atom is 0.272 e. The lowest BCUT2D eigenvalue weighted by Crippen LogP contribution is -2.51. The number of rotatable bonds is 5. The standard InChI is InChI=1S/C23H30N8O/c1-28(2)23(32)21-20(18-15-25-16-27-22(18)30(21)17-7-3-4-8-17)31(19-9-5-6-10-26-19)29-13-11-24-12-14-29/h5-6,9-10,15-17,24H,3-4,7-8,11-14H2,1-2H3. The van der Waals surface area contributed by atoms with E-state index >= 15 is 0 Å². The molecule has 1 saturated carbocycles. The summed E-state index contributed by atoms with van der Waals surface area (Å²) in [4.78, 5) is 29.1. The second-order valence-electron chi connectivity index (χ2n) is 8.67. The number of amides is 1. The Bertz CT molecular complexity index is 1080. The van der Waals surface area contributed by atoms with Crippen LogP contribution in [0.5, 0.6) is 0 Å². The highest BCUT2D eigenvalue weighted by Gasteiger charge is 2.35. The second-order valence-corrected chi connectivity index (χ2v) is 8.67. The minimum absolute atomic E-state index is 0.0269. The second kappa shape index (κ2) is 8.84. The number of aromatic nitrogens is 4. The van der Waals surface area contributed by atoms with Gasteiger partial charge in [-0.2, -0.15) is 0 Å². The van der Waals surface area contributed by atoms with Gasteiger partial charge in [-0.1, -0.05) is 18.9 Å². The summed E-state index contributed by atoms with van der Waals surface area (Å²) in [6.07, 6.45) is 9.66. The van der Waals surface area contributed by atoms with Gasteiger partial charge in [0.15, 0.2) is 0 Å². The third-order valence-electron chi connectivity index (χ3n) is 6.39. The number of anilines is 2. The van der Waals surface area contributed by atoms with Crippen molar-refractivity contribution in [3.05, 3.63) is 42.6 Å². The molecular formula is C23H30N8O. The summed E-state index contributed by atoms with van der Waals surface area (Å²) in [6, 6.07) is 6.15. The molecule has 1 N–H and O–H groups in total. The number of piperazine rings is 1. The van der Waals surface area contributed by atoms with Crippen LogP contribution in [0.3, 0.4) is 0 Å². The number of nitrogens with one attached hydrogen (secondary N) is 1. The van der Waals surface area contributed by atoms with Gasteiger partial charge >= 0.3 is 0 Å². The van der Waals surface area contributed by atoms with Crippen molar-refractivity contribution >= 4 is 28.4 Å². The van der Waals surface area contributed by atoms with Crippen LogP contribution in [0.25, 0.3) is 11.0 Å². The highest BCUT2D eigenvalue weighted by atomic mass is 16.2. The normalized spacial score (nSPS) is 17.7. The zero-order valence-corrected chi connectivity index (χ0v) is 18.7. The number of carbonyl (C=O) groups excluding carboxylic acids is 1. The summed E-state index contributed by atoms with van der Waals surface area (Å²) >= 11 is 0. The SMILES string of the molecule is CN(C)C(=O)c1c(N(c2ccccn2)N2CCNCC2)c2cncnc2n1C1CCCC1. The van der Waals surface area contributed by atoms with Crippen LogP contribution in [0.4, 0.5) is 11.5 Å². The summed E-state index contributed by atoms with van der Waals surface area (Å²) in [5.74, 6) is 0.762. The van der Waals surface area contributed by atoms with Crippen molar-refractivity contribution in [3.63, 3.8) is 0 Å². The molecule has 2 aliphatic rings. The van der Waals surface area contributed by atoms with Crippen LogP contribution in [-0.2, 0) is 0 Å². The molecular weight excluding hydrogens is 404 g/mol. The molecule has 9 heteroatoms. The van der Waals surface area contributed by atoms with Gasteiger partial charge in [-0.25, -0.2) is 20.0 Å². The molecule has 0 bridgehead atoms. The van der Waals surface area contributed by atoms with E-state index in [9.17, 15) is 4.79 Å². The topological polar surface area (TPSA) is 82.4 Å². The van der Waals surface area contributed by atoms with Crippen molar-refractivity contribution in [1.29, 1.82) is 0 Å². The summed E-state index contributed by atoms with van der Waals surface area (Å²) in [7, 11) is 3.62. The van der Waals surface area contributed by atoms with Crippen LogP contribution in [0.15, 0.2) is 36.9 Å². The minimum atomic E-state index is -0.0269. The van der Waals surface area contributed by atoms with Crippen LogP contribution >= 0.6 is 0 Å². The van der Waals surface area contributed by atoms with Gasteiger partial charge < -0.3 is 14.8 Å². The van der Waals surface area contributed by atoms with Gasteiger partial charge in [0.05, 0.1) is 5.39 Å². The Morgan fingerprint density at radius 1 is 1.12 bits per heavy atom. The number of hydrogen-bond acceptors (Lipinski definition) is 7. The Balaban J connectivity index is 1.81. The molecule has 32 heavy (non-hydrogen) atoms. The predicted octanol–water partition coefficient (Wildman–Crippen LogP) is 2.60. The van der Waals surface area contributed by atoms with E-state index in [1.807, 2.05) is 38.5 Å². The molecule has 1 amide bonds. The lowest BCUT2D eigenvalue weighted by molar-refractivity contribution is 0.0815. The third-order valence-corrected chi connectivity index (χ3v) is 6.39. The molecule has 0 aromatic carbocycles. The van der Waals surface area contributed by atoms with E-state index in [2.05, 4.69) is 34.9 Å². The molecule has 0 atom stereocenters. The number of hydrazine groups is 1. The van der Waals surface area contributed by atoms with Crippen molar-refractivity contribution < 1.29 is 4.79 Å². The van der Waals surface area contributed by atoms with E-state index in [1.54, 1.807) is 17.4 Å². The van der Waals surface area contributed by atoms with Gasteiger partial charge in [0, 0.05) is 58.7 Å². The van der Waals surface area contributed by atoms with E-state index in [0.717, 1.165) is 61.6 Å². The molecule has 168 valence electrons. The van der Waals surface area contributed by atoms with Gasteiger partial charge in [-0.3, -0.25) is 9.80 Å². The van der Waals surface area contributed by atoms with Crippen LogP contribution in [0, 0.1) is 0 Å². The Hall–Kier alpha value is -3.04. The fourth-order valence-electron chi connectivity index (χ4n) is 4.91. The summed E-state index contributed by atoms with van der Waals surface area (Å²) in [5.41, 5.74) is 2.32. The smallest absolute Gasteiger partial charge is 0.272 e. The molecule has 2 fully saturated rings. The highest BCUT2D eigenvalue weighted by molar-refractivity contribution is 6.09. The fraction of sp³-hybridized carbons (Fsp3) is 0.478. The van der Waals surface area contributed by atoms with Crippen molar-refractivity contribution in [2.24, 2.45) is 0 Å². The zero-order chi connectivity index (χ0) is 22.1. The lowest BCUT2D eigenvalue weighted by atomic mass is 10.2. The van der Waals surface area contributed by atoms with Gasteiger partial charge in [0.25, 0.3) is 5.91 Å². The quantitative estimate of drug-likeness (QED) is 0.661. The van der Waals surface area contributed by atoms with Gasteiger partial charge in [0.1, 0.15) is 29.2 Å². The molecule has 1 aliphatic carbocycles. The van der Waals surface area contributed by atoms with E-state index in [0.29, 0.717) is 5.69 Å². The molecule has 0 radical (unpaired) electrons. The number of fused-ring (bicyclic) bond motifs is 1. The monoisotopic (exact) mass is 434 g/mol. The van der Waals surface area contributed by atoms with Crippen molar-refractivity contribution in [1.82, 2.24) is 34.7 Å². The number of hydrogen-bond donors (Lipinski definition) is 1. The van der Waals surface area contributed by atoms with E-state index in [4.69, 9.17) is 0 Å². The van der Waals surface area contributed by atoms with Crippen molar-refractivity contribution in [2.75, 3.05) is 45.3 Å². The number of nitrogens with zero attached hydrogens (tertiary/aromatic N) is 7. The highest BCUT2D eigenvalue weighted by Crippen LogP contribution is 2.42. The first-order chi connectivity index (χ1) is 15.7. The third kappa shape index (κ3) is 3.61. The summed E-state index contributed by atoms with van der Waals surface area (Å²) in [6.45, 7) is 3.38. The molecule has 4 heterocycles. The number of pyridine rings is 1. The molecule has 3 aromatic heterocycles. The Morgan fingerprint density at radius 2 is 1.91 bits per heavy atom. The van der Waals surface area contributed by atoms with E-state index in [-0.39, 0.29) is 11.9 Å². The largest absolute Gasteiger partial charge is 0.343 e. The Kier molecular flexibility index (Phi) is 5.75. The van der Waals surface area contributed by atoms with Crippen LogP contribution < -0.4 is 10.3 Å². The first-order valence-corrected chi connectivity index (χ1v) is 11.4. The molecule has 5 rings (SSSR count). The molecule has 3 aromatic rings. The average molecular weight is 435 g/mol. The van der Waals surface area contributed by atoms with E-state index < -0.39 is 0 Å². The fourth-order valence-corrected chi connectivity index (χ4v) is 4.91.